The zero-order valence-corrected chi connectivity index (χ0v) is 19.9. The van der Waals surface area contributed by atoms with Crippen molar-refractivity contribution < 1.29 is 51.3 Å². The van der Waals surface area contributed by atoms with Crippen LogP contribution in [0.3, 0.4) is 0 Å². The maximum atomic E-state index is 10.6. The van der Waals surface area contributed by atoms with Gasteiger partial charge in [0, 0.05) is 36.6 Å². The van der Waals surface area contributed by atoms with Gasteiger partial charge < -0.3 is 25.2 Å². The van der Waals surface area contributed by atoms with E-state index < -0.39 is 24.3 Å². The molecule has 2 aromatic rings. The van der Waals surface area contributed by atoms with Gasteiger partial charge in [0.2, 0.25) is 11.8 Å². The van der Waals surface area contributed by atoms with Crippen molar-refractivity contribution in [2.24, 2.45) is 16.8 Å². The van der Waals surface area contributed by atoms with Crippen LogP contribution < -0.4 is 4.90 Å². The molecule has 1 fully saturated rings. The number of hydrogen-bond donors (Lipinski definition) is 4. The topological polar surface area (TPSA) is 152 Å². The van der Waals surface area contributed by atoms with E-state index in [1.807, 2.05) is 18.2 Å². The monoisotopic (exact) mass is 551 g/mol. The highest BCUT2D eigenvalue weighted by atomic mass is 19.4. The first-order chi connectivity index (χ1) is 17.5. The van der Waals surface area contributed by atoms with Crippen molar-refractivity contribution in [3.63, 3.8) is 0 Å². The number of carboxylic acids is 2. The summed E-state index contributed by atoms with van der Waals surface area (Å²) in [4.78, 5) is 36.1. The highest BCUT2D eigenvalue weighted by Crippen LogP contribution is 2.33. The molecule has 38 heavy (non-hydrogen) atoms. The molecule has 0 saturated carbocycles. The Labute approximate surface area is 211 Å². The fourth-order valence-electron chi connectivity index (χ4n) is 3.65. The number of aromatic hydroxyl groups is 1. The summed E-state index contributed by atoms with van der Waals surface area (Å²) in [6, 6.07) is 3.86. The number of alkyl halides is 6. The second-order valence-electron chi connectivity index (χ2n) is 8.49. The quantitative estimate of drug-likeness (QED) is 0.398. The van der Waals surface area contributed by atoms with Gasteiger partial charge in [-0.25, -0.2) is 19.6 Å². The number of imidazole rings is 1. The van der Waals surface area contributed by atoms with Crippen LogP contribution in [0, 0.1) is 11.8 Å². The molecule has 0 bridgehead atoms. The molecule has 4 heterocycles. The second kappa shape index (κ2) is 12.0. The summed E-state index contributed by atoms with van der Waals surface area (Å²) in [5, 5.41) is 24.5. The van der Waals surface area contributed by atoms with E-state index in [0.29, 0.717) is 23.3 Å². The van der Waals surface area contributed by atoms with Gasteiger partial charge in [-0.1, -0.05) is 13.8 Å². The molecule has 0 spiro atoms. The predicted octanol–water partition coefficient (Wildman–Crippen LogP) is 4.52. The molecule has 10 nitrogen and oxygen atoms in total. The van der Waals surface area contributed by atoms with Crippen LogP contribution in [0.5, 0.6) is 5.88 Å². The molecule has 16 heteroatoms. The van der Waals surface area contributed by atoms with Crippen molar-refractivity contribution in [3.05, 3.63) is 29.6 Å². The van der Waals surface area contributed by atoms with Gasteiger partial charge in [0.05, 0.1) is 0 Å². The lowest BCUT2D eigenvalue weighted by atomic mass is 9.92. The zero-order chi connectivity index (χ0) is 28.8. The van der Waals surface area contributed by atoms with Crippen LogP contribution in [-0.2, 0) is 9.59 Å². The average molecular weight is 551 g/mol. The van der Waals surface area contributed by atoms with Gasteiger partial charge in [-0.15, -0.1) is 0 Å². The zero-order valence-electron chi connectivity index (χ0n) is 19.9. The number of aromatic nitrogens is 3. The SMILES string of the molecule is CC1CC(C)CN(c2nc(O)c(C=C3C=Nc4ncccc43)[nH]2)C1.O=C(O)C(F)(F)F.O=C(O)C(F)(F)F. The molecule has 4 N–H and O–H groups in total. The maximum absolute atomic E-state index is 10.6. The van der Waals surface area contributed by atoms with E-state index in [9.17, 15) is 31.4 Å². The predicted molar refractivity (Wildman–Crippen MR) is 123 cm³/mol. The number of carboxylic acid groups (broad SMARTS) is 2. The normalized spacial score (nSPS) is 19.7. The number of nitrogens with one attached hydrogen (secondary N) is 1. The average Bonchev–Trinajstić information content (AvgIpc) is 3.36. The molecular weight excluding hydrogens is 528 g/mol. The van der Waals surface area contributed by atoms with Crippen LogP contribution in [0.2, 0.25) is 0 Å². The Bertz CT molecular complexity index is 1170. The number of H-pyrrole nitrogens is 1. The third-order valence-corrected chi connectivity index (χ3v) is 5.08. The van der Waals surface area contributed by atoms with Crippen LogP contribution in [-0.4, -0.2) is 73.9 Å². The highest BCUT2D eigenvalue weighted by Gasteiger charge is 2.38. The number of aliphatic carboxylic acids is 2. The molecule has 2 aromatic heterocycles. The molecule has 2 aliphatic rings. The number of piperidine rings is 1. The Morgan fingerprint density at radius 2 is 1.58 bits per heavy atom. The molecular formula is C22H23F6N5O5. The number of hydrogen-bond acceptors (Lipinski definition) is 7. The van der Waals surface area contributed by atoms with E-state index >= 15 is 0 Å². The summed E-state index contributed by atoms with van der Waals surface area (Å²) in [6.45, 7) is 6.43. The van der Waals surface area contributed by atoms with Crippen LogP contribution in [0.1, 0.15) is 31.5 Å². The number of aliphatic imine (C=N–C) groups is 1. The number of nitrogens with zero attached hydrogens (tertiary/aromatic N) is 4. The van der Waals surface area contributed by atoms with Crippen molar-refractivity contribution >= 4 is 41.6 Å². The van der Waals surface area contributed by atoms with E-state index in [1.165, 1.54) is 6.42 Å². The number of aromatic amines is 1. The number of carbonyl (C=O) groups is 2. The number of rotatable bonds is 2. The van der Waals surface area contributed by atoms with E-state index in [2.05, 4.69) is 38.7 Å². The summed E-state index contributed by atoms with van der Waals surface area (Å²) in [5.74, 6) is -2.79. The van der Waals surface area contributed by atoms with Gasteiger partial charge in [-0.05, 0) is 36.5 Å². The Balaban J connectivity index is 0.000000301. The van der Waals surface area contributed by atoms with Gasteiger partial charge >= 0.3 is 24.3 Å². The lowest BCUT2D eigenvalue weighted by Crippen LogP contribution is -2.39. The molecule has 2 aliphatic heterocycles. The minimum Gasteiger partial charge on any atom is -0.492 e. The van der Waals surface area contributed by atoms with Crippen molar-refractivity contribution in [1.82, 2.24) is 15.0 Å². The Morgan fingerprint density at radius 3 is 2.08 bits per heavy atom. The van der Waals surface area contributed by atoms with Crippen LogP contribution in [0.4, 0.5) is 38.1 Å². The Hall–Kier alpha value is -4.11. The molecule has 4 rings (SSSR count). The smallest absolute Gasteiger partial charge is 0.490 e. The molecule has 0 aromatic carbocycles. The summed E-state index contributed by atoms with van der Waals surface area (Å²) in [7, 11) is 0. The second-order valence-corrected chi connectivity index (χ2v) is 8.49. The van der Waals surface area contributed by atoms with Crippen molar-refractivity contribution in [1.29, 1.82) is 0 Å². The standard InChI is InChI=1S/C18H21N5O.2C2HF3O2/c1-11-6-12(2)10-23(9-11)18-21-15(17(24)22-18)7-13-8-20-16-14(13)4-3-5-19-16;2*3-2(4,5)1(6)7/h3-5,7-8,11-12,24H,6,9-10H2,1-2H3,(H,21,22);2*(H,6,7). The van der Waals surface area contributed by atoms with E-state index in [1.54, 1.807) is 12.4 Å². The highest BCUT2D eigenvalue weighted by molar-refractivity contribution is 6.20. The van der Waals surface area contributed by atoms with Crippen molar-refractivity contribution in [2.75, 3.05) is 18.0 Å². The summed E-state index contributed by atoms with van der Waals surface area (Å²) >= 11 is 0. The molecule has 2 unspecified atom stereocenters. The van der Waals surface area contributed by atoms with Gasteiger partial charge in [0.25, 0.3) is 0 Å². The number of anilines is 1. The molecule has 208 valence electrons. The minimum absolute atomic E-state index is 0.0223. The van der Waals surface area contributed by atoms with Crippen LogP contribution in [0.25, 0.3) is 11.6 Å². The Kier molecular flexibility index (Phi) is 9.48. The van der Waals surface area contributed by atoms with Crippen molar-refractivity contribution in [2.45, 2.75) is 32.6 Å². The lowest BCUT2D eigenvalue weighted by molar-refractivity contribution is -0.193. The first-order valence-corrected chi connectivity index (χ1v) is 10.8. The molecule has 2 atom stereocenters. The lowest BCUT2D eigenvalue weighted by Gasteiger charge is -2.34. The summed E-state index contributed by atoms with van der Waals surface area (Å²) < 4.78 is 63.5. The third kappa shape index (κ3) is 8.48. The fourth-order valence-corrected chi connectivity index (χ4v) is 3.65. The largest absolute Gasteiger partial charge is 0.492 e. The molecule has 0 aliphatic carbocycles. The molecule has 0 amide bonds. The van der Waals surface area contributed by atoms with Gasteiger partial charge in [0.15, 0.2) is 5.82 Å². The maximum Gasteiger partial charge on any atom is 0.490 e. The first kappa shape index (κ1) is 30.1. The van der Waals surface area contributed by atoms with E-state index in [-0.39, 0.29) is 5.88 Å². The van der Waals surface area contributed by atoms with Crippen molar-refractivity contribution in [3.8, 4) is 5.88 Å². The Morgan fingerprint density at radius 1 is 1.05 bits per heavy atom. The minimum atomic E-state index is -5.08. The number of allylic oxidation sites excluding steroid dienone is 1. The van der Waals surface area contributed by atoms with Crippen LogP contribution >= 0.6 is 0 Å². The van der Waals surface area contributed by atoms with Crippen LogP contribution in [0.15, 0.2) is 23.3 Å². The first-order valence-electron chi connectivity index (χ1n) is 10.8. The van der Waals surface area contributed by atoms with E-state index in [0.717, 1.165) is 30.2 Å². The van der Waals surface area contributed by atoms with Gasteiger partial charge in [0.1, 0.15) is 5.69 Å². The number of pyridine rings is 1. The molecule has 1 saturated heterocycles. The number of fused-ring (bicyclic) bond motifs is 1. The van der Waals surface area contributed by atoms with Gasteiger partial charge in [-0.3, -0.25) is 0 Å². The molecule has 0 radical (unpaired) electrons. The van der Waals surface area contributed by atoms with E-state index in [4.69, 9.17) is 19.8 Å². The summed E-state index contributed by atoms with van der Waals surface area (Å²) in [6.07, 6.45) is -3.56. The fraction of sp³-hybridized carbons (Fsp3) is 0.409. The number of halogens is 6. The van der Waals surface area contributed by atoms with Gasteiger partial charge in [-0.2, -0.15) is 31.3 Å². The summed E-state index contributed by atoms with van der Waals surface area (Å²) in [5.41, 5.74) is 2.49. The third-order valence-electron chi connectivity index (χ3n) is 5.08.